The van der Waals surface area contributed by atoms with Crippen LogP contribution < -0.4 is 21.7 Å². The van der Waals surface area contributed by atoms with Gasteiger partial charge < -0.3 is 42.1 Å². The van der Waals surface area contributed by atoms with Crippen molar-refractivity contribution in [2.24, 2.45) is 5.73 Å². The van der Waals surface area contributed by atoms with Crippen LogP contribution in [0, 0.1) is 0 Å². The van der Waals surface area contributed by atoms with Gasteiger partial charge in [-0.3, -0.25) is 19.2 Å². The third kappa shape index (κ3) is 9.87. The molecule has 5 unspecified atom stereocenters. The molecular weight excluding hydrogens is 424 g/mol. The maximum absolute atomic E-state index is 12.5. The standard InChI is InChI=1S/C16H28N4O9S/c1-7(22)12(20-13(25)8(17)5-11(23)24)15(27)18-9(3-4-30-2)14(26)19-10(6-21)16(28)29/h7-10,12,21-22H,3-6,17H2,1-2H3,(H,18,27)(H,19,26)(H,20,25)(H,23,24)(H,28,29). The molecule has 172 valence electrons. The Morgan fingerprint density at radius 2 is 1.53 bits per heavy atom. The highest BCUT2D eigenvalue weighted by Crippen LogP contribution is 2.04. The number of hydrogen-bond donors (Lipinski definition) is 8. The molecule has 0 heterocycles. The quantitative estimate of drug-likeness (QED) is 0.129. The van der Waals surface area contributed by atoms with E-state index in [0.29, 0.717) is 5.75 Å². The molecule has 30 heavy (non-hydrogen) atoms. The Morgan fingerprint density at radius 3 is 1.97 bits per heavy atom. The lowest BCUT2D eigenvalue weighted by Crippen LogP contribution is -2.60. The Morgan fingerprint density at radius 1 is 0.967 bits per heavy atom. The van der Waals surface area contributed by atoms with Crippen LogP contribution in [-0.4, -0.2) is 99.0 Å². The number of aliphatic hydroxyl groups is 2. The van der Waals surface area contributed by atoms with Gasteiger partial charge in [0.2, 0.25) is 17.7 Å². The number of aliphatic carboxylic acids is 2. The first-order valence-electron chi connectivity index (χ1n) is 8.83. The van der Waals surface area contributed by atoms with Gasteiger partial charge in [0.25, 0.3) is 0 Å². The number of nitrogens with one attached hydrogen (secondary N) is 3. The maximum Gasteiger partial charge on any atom is 0.328 e. The van der Waals surface area contributed by atoms with Gasteiger partial charge in [0.05, 0.1) is 25.2 Å². The molecule has 0 aliphatic rings. The predicted molar refractivity (Wildman–Crippen MR) is 105 cm³/mol. The smallest absolute Gasteiger partial charge is 0.328 e. The number of carboxylic acids is 2. The molecule has 0 aliphatic carbocycles. The van der Waals surface area contributed by atoms with Crippen LogP contribution in [-0.2, 0) is 24.0 Å². The molecule has 0 saturated carbocycles. The second-order valence-corrected chi connectivity index (χ2v) is 7.34. The lowest BCUT2D eigenvalue weighted by Gasteiger charge is -2.26. The van der Waals surface area contributed by atoms with Crippen LogP contribution in [0.4, 0.5) is 0 Å². The summed E-state index contributed by atoms with van der Waals surface area (Å²) in [7, 11) is 0. The molecule has 3 amide bonds. The fraction of sp³-hybridized carbons (Fsp3) is 0.688. The number of carbonyl (C=O) groups is 5. The Labute approximate surface area is 176 Å². The molecule has 5 atom stereocenters. The van der Waals surface area contributed by atoms with Crippen molar-refractivity contribution in [3.05, 3.63) is 0 Å². The van der Waals surface area contributed by atoms with Gasteiger partial charge in [0, 0.05) is 0 Å². The normalized spacial score (nSPS) is 15.8. The van der Waals surface area contributed by atoms with Crippen molar-refractivity contribution in [2.75, 3.05) is 18.6 Å². The summed E-state index contributed by atoms with van der Waals surface area (Å²) in [5.41, 5.74) is 5.43. The topological polar surface area (TPSA) is 228 Å². The highest BCUT2D eigenvalue weighted by molar-refractivity contribution is 7.98. The minimum atomic E-state index is -1.58. The van der Waals surface area contributed by atoms with Gasteiger partial charge in [-0.15, -0.1) is 0 Å². The number of rotatable bonds is 14. The number of carbonyl (C=O) groups excluding carboxylic acids is 3. The zero-order chi connectivity index (χ0) is 23.4. The molecule has 0 aliphatic heterocycles. The van der Waals surface area contributed by atoms with Crippen LogP contribution in [0.15, 0.2) is 0 Å². The second kappa shape index (κ2) is 13.7. The summed E-state index contributed by atoms with van der Waals surface area (Å²) >= 11 is 1.35. The van der Waals surface area contributed by atoms with Gasteiger partial charge in [-0.2, -0.15) is 11.8 Å². The second-order valence-electron chi connectivity index (χ2n) is 6.36. The molecule has 0 aromatic carbocycles. The van der Waals surface area contributed by atoms with Crippen molar-refractivity contribution in [1.29, 1.82) is 0 Å². The molecule has 0 rings (SSSR count). The molecule has 0 aromatic rings. The van der Waals surface area contributed by atoms with E-state index in [0.717, 1.165) is 0 Å². The van der Waals surface area contributed by atoms with E-state index in [2.05, 4.69) is 16.0 Å². The van der Waals surface area contributed by atoms with Crippen molar-refractivity contribution < 1.29 is 44.4 Å². The molecule has 0 fully saturated rings. The summed E-state index contributed by atoms with van der Waals surface area (Å²) in [6, 6.07) is -5.81. The number of carboxylic acid groups (broad SMARTS) is 2. The van der Waals surface area contributed by atoms with Crippen molar-refractivity contribution in [3.8, 4) is 0 Å². The summed E-state index contributed by atoms with van der Waals surface area (Å²) in [6.07, 6.45) is -0.279. The van der Waals surface area contributed by atoms with Crippen LogP contribution >= 0.6 is 11.8 Å². The van der Waals surface area contributed by atoms with Gasteiger partial charge in [-0.1, -0.05) is 0 Å². The van der Waals surface area contributed by atoms with Crippen LogP contribution in [0.2, 0.25) is 0 Å². The van der Waals surface area contributed by atoms with E-state index in [1.807, 2.05) is 0 Å². The minimum absolute atomic E-state index is 0.0928. The van der Waals surface area contributed by atoms with Crippen LogP contribution in [0.3, 0.4) is 0 Å². The molecule has 0 radical (unpaired) electrons. The molecule has 0 bridgehead atoms. The number of hydrogen-bond acceptors (Lipinski definition) is 9. The maximum atomic E-state index is 12.5. The summed E-state index contributed by atoms with van der Waals surface area (Å²) in [6.45, 7) is 0.328. The van der Waals surface area contributed by atoms with E-state index in [4.69, 9.17) is 21.1 Å². The lowest BCUT2D eigenvalue weighted by atomic mass is 10.1. The van der Waals surface area contributed by atoms with E-state index in [9.17, 15) is 29.1 Å². The monoisotopic (exact) mass is 452 g/mol. The SMILES string of the molecule is CSCCC(NC(=O)C(NC(=O)C(N)CC(=O)O)C(C)O)C(=O)NC(CO)C(=O)O. The molecule has 14 heteroatoms. The third-order valence-electron chi connectivity index (χ3n) is 3.83. The van der Waals surface area contributed by atoms with Gasteiger partial charge in [0.1, 0.15) is 18.1 Å². The lowest BCUT2D eigenvalue weighted by molar-refractivity contribution is -0.143. The fourth-order valence-electron chi connectivity index (χ4n) is 2.17. The molecular formula is C16H28N4O9S. The number of nitrogens with two attached hydrogens (primary N) is 1. The molecule has 0 saturated heterocycles. The molecule has 9 N–H and O–H groups in total. The largest absolute Gasteiger partial charge is 0.481 e. The van der Waals surface area contributed by atoms with E-state index >= 15 is 0 Å². The Bertz CT molecular complexity index is 632. The third-order valence-corrected chi connectivity index (χ3v) is 4.48. The van der Waals surface area contributed by atoms with E-state index in [-0.39, 0.29) is 6.42 Å². The van der Waals surface area contributed by atoms with Crippen LogP contribution in [0.1, 0.15) is 19.8 Å². The average Bonchev–Trinajstić information content (AvgIpc) is 2.65. The zero-order valence-electron chi connectivity index (χ0n) is 16.5. The first-order chi connectivity index (χ1) is 13.9. The van der Waals surface area contributed by atoms with Gasteiger partial charge in [-0.25, -0.2) is 4.79 Å². The van der Waals surface area contributed by atoms with Crippen molar-refractivity contribution in [1.82, 2.24) is 16.0 Å². The molecule has 0 spiro atoms. The Hall–Kier alpha value is -2.42. The number of aliphatic hydroxyl groups excluding tert-OH is 2. The summed E-state index contributed by atoms with van der Waals surface area (Å²) < 4.78 is 0. The zero-order valence-corrected chi connectivity index (χ0v) is 17.3. The van der Waals surface area contributed by atoms with E-state index < -0.39 is 73.0 Å². The summed E-state index contributed by atoms with van der Waals surface area (Å²) in [4.78, 5) is 58.5. The Balaban J connectivity index is 5.30. The van der Waals surface area contributed by atoms with Gasteiger partial charge in [0.15, 0.2) is 0 Å². The fourth-order valence-corrected chi connectivity index (χ4v) is 2.64. The van der Waals surface area contributed by atoms with E-state index in [1.54, 1.807) is 6.26 Å². The summed E-state index contributed by atoms with van der Waals surface area (Å²) in [5, 5.41) is 43.0. The Kier molecular flexibility index (Phi) is 12.6. The molecule has 0 aromatic heterocycles. The molecule has 13 nitrogen and oxygen atoms in total. The first kappa shape index (κ1) is 27.6. The highest BCUT2D eigenvalue weighted by Gasteiger charge is 2.32. The first-order valence-corrected chi connectivity index (χ1v) is 10.2. The minimum Gasteiger partial charge on any atom is -0.481 e. The van der Waals surface area contributed by atoms with Crippen LogP contribution in [0.25, 0.3) is 0 Å². The van der Waals surface area contributed by atoms with Crippen molar-refractivity contribution in [2.45, 2.75) is 50.0 Å². The van der Waals surface area contributed by atoms with Gasteiger partial charge in [-0.05, 0) is 25.4 Å². The number of amides is 3. The summed E-state index contributed by atoms with van der Waals surface area (Å²) in [5.74, 6) is -5.22. The van der Waals surface area contributed by atoms with Crippen molar-refractivity contribution >= 4 is 41.4 Å². The highest BCUT2D eigenvalue weighted by atomic mass is 32.2. The van der Waals surface area contributed by atoms with Crippen LogP contribution in [0.5, 0.6) is 0 Å². The number of thioether (sulfide) groups is 1. The average molecular weight is 452 g/mol. The predicted octanol–water partition coefficient (Wildman–Crippen LogP) is -3.55. The van der Waals surface area contributed by atoms with E-state index in [1.165, 1.54) is 18.7 Å². The van der Waals surface area contributed by atoms with Gasteiger partial charge >= 0.3 is 11.9 Å². The van der Waals surface area contributed by atoms with Crippen molar-refractivity contribution in [3.63, 3.8) is 0 Å².